The van der Waals surface area contributed by atoms with Gasteiger partial charge in [0.15, 0.2) is 5.79 Å². The molecule has 0 radical (unpaired) electrons. The van der Waals surface area contributed by atoms with E-state index in [4.69, 9.17) is 9.47 Å². The van der Waals surface area contributed by atoms with Gasteiger partial charge in [-0.3, -0.25) is 9.69 Å². The molecule has 0 saturated carbocycles. The highest BCUT2D eigenvalue weighted by Gasteiger charge is 2.46. The summed E-state index contributed by atoms with van der Waals surface area (Å²) in [6, 6.07) is 0.272. The van der Waals surface area contributed by atoms with Crippen molar-refractivity contribution in [2.45, 2.75) is 50.5 Å². The molecule has 0 N–H and O–H groups in total. The average Bonchev–Trinajstić information content (AvgIpc) is 2.72. The monoisotopic (exact) mass is 257 g/mol. The fraction of sp³-hybridized carbons (Fsp3) is 0.923. The topological polar surface area (TPSA) is 48.0 Å². The summed E-state index contributed by atoms with van der Waals surface area (Å²) in [6.07, 6.45) is 3.60. The molecule has 2 rings (SSSR count). The van der Waals surface area contributed by atoms with Crippen LogP contribution in [0.3, 0.4) is 0 Å². The molecule has 2 aliphatic rings. The number of esters is 1. The van der Waals surface area contributed by atoms with Crippen LogP contribution < -0.4 is 0 Å². The summed E-state index contributed by atoms with van der Waals surface area (Å²) < 4.78 is 16.5. The van der Waals surface area contributed by atoms with Crippen molar-refractivity contribution in [3.05, 3.63) is 0 Å². The van der Waals surface area contributed by atoms with Gasteiger partial charge in [0.05, 0.1) is 32.3 Å². The van der Waals surface area contributed by atoms with Gasteiger partial charge in [-0.25, -0.2) is 0 Å². The van der Waals surface area contributed by atoms with E-state index >= 15 is 0 Å². The number of rotatable bonds is 3. The van der Waals surface area contributed by atoms with E-state index in [1.54, 1.807) is 0 Å². The number of likely N-dealkylation sites (tertiary alicyclic amines) is 1. The first-order valence-corrected chi connectivity index (χ1v) is 6.64. The summed E-state index contributed by atoms with van der Waals surface area (Å²) in [7, 11) is 3.50. The number of hydrogen-bond acceptors (Lipinski definition) is 5. The molecule has 2 saturated heterocycles. The Hall–Kier alpha value is -0.650. The molecule has 5 heteroatoms. The quantitative estimate of drug-likeness (QED) is 0.710. The lowest BCUT2D eigenvalue weighted by molar-refractivity contribution is -0.202. The number of hydrogen-bond donors (Lipinski definition) is 0. The van der Waals surface area contributed by atoms with Gasteiger partial charge in [-0.2, -0.15) is 0 Å². The second-order valence-corrected chi connectivity index (χ2v) is 5.34. The molecule has 2 heterocycles. The van der Waals surface area contributed by atoms with Gasteiger partial charge >= 0.3 is 5.97 Å². The van der Waals surface area contributed by atoms with Crippen LogP contribution in [0.5, 0.6) is 0 Å². The van der Waals surface area contributed by atoms with Crippen molar-refractivity contribution < 1.29 is 19.0 Å². The van der Waals surface area contributed by atoms with Crippen molar-refractivity contribution in [3.63, 3.8) is 0 Å². The number of likely N-dealkylation sites (N-methyl/N-ethyl adjacent to an activating group) is 1. The van der Waals surface area contributed by atoms with E-state index in [1.165, 1.54) is 20.0 Å². The summed E-state index contributed by atoms with van der Waals surface area (Å²) in [5.41, 5.74) is 0. The van der Waals surface area contributed by atoms with Crippen molar-refractivity contribution in [2.75, 3.05) is 27.3 Å². The maximum absolute atomic E-state index is 11.3. The van der Waals surface area contributed by atoms with E-state index in [0.29, 0.717) is 6.61 Å². The Morgan fingerprint density at radius 2 is 2.28 bits per heavy atom. The van der Waals surface area contributed by atoms with Crippen LogP contribution in [0.25, 0.3) is 0 Å². The number of methoxy groups -OCH3 is 1. The molecule has 0 aromatic heterocycles. The van der Waals surface area contributed by atoms with E-state index in [9.17, 15) is 4.79 Å². The normalized spacial score (nSPS) is 37.7. The zero-order chi connectivity index (χ0) is 13.2. The number of ether oxygens (including phenoxy) is 3. The third-order valence-corrected chi connectivity index (χ3v) is 3.95. The lowest BCUT2D eigenvalue weighted by Gasteiger charge is -2.41. The summed E-state index contributed by atoms with van der Waals surface area (Å²) in [6.45, 7) is 3.53. The van der Waals surface area contributed by atoms with Crippen LogP contribution in [-0.4, -0.2) is 56.1 Å². The average molecular weight is 257 g/mol. The van der Waals surface area contributed by atoms with Crippen LogP contribution >= 0.6 is 0 Å². The molecule has 0 amide bonds. The fourth-order valence-electron chi connectivity index (χ4n) is 2.94. The molecule has 0 aromatic carbocycles. The minimum Gasteiger partial charge on any atom is -0.469 e. The zero-order valence-corrected chi connectivity index (χ0v) is 11.5. The predicted octanol–water partition coefficient (Wildman–Crippen LogP) is 1.17. The van der Waals surface area contributed by atoms with Crippen molar-refractivity contribution in [2.24, 2.45) is 0 Å². The SMILES string of the molecule is COC(=O)CC1COC(C)(C2CCCCN2C)O1. The predicted molar refractivity (Wildman–Crippen MR) is 66.1 cm³/mol. The van der Waals surface area contributed by atoms with E-state index in [0.717, 1.165) is 13.0 Å². The second kappa shape index (κ2) is 5.55. The molecule has 5 nitrogen and oxygen atoms in total. The molecule has 3 atom stereocenters. The van der Waals surface area contributed by atoms with Crippen LogP contribution in [0.4, 0.5) is 0 Å². The largest absolute Gasteiger partial charge is 0.469 e. The van der Waals surface area contributed by atoms with Crippen LogP contribution in [-0.2, 0) is 19.0 Å². The summed E-state index contributed by atoms with van der Waals surface area (Å²) in [5, 5.41) is 0. The first kappa shape index (κ1) is 13.8. The molecule has 0 bridgehead atoms. The lowest BCUT2D eigenvalue weighted by atomic mass is 9.96. The van der Waals surface area contributed by atoms with Crippen LogP contribution in [0.15, 0.2) is 0 Å². The molecular formula is C13H23NO4. The van der Waals surface area contributed by atoms with Crippen molar-refractivity contribution in [1.29, 1.82) is 0 Å². The molecule has 2 fully saturated rings. The summed E-state index contributed by atoms with van der Waals surface area (Å²) in [5.74, 6) is -0.835. The Balaban J connectivity index is 1.94. The zero-order valence-electron chi connectivity index (χ0n) is 11.5. The van der Waals surface area contributed by atoms with E-state index in [1.807, 2.05) is 6.92 Å². The number of piperidine rings is 1. The van der Waals surface area contributed by atoms with Gasteiger partial charge in [-0.15, -0.1) is 0 Å². The van der Waals surface area contributed by atoms with Gasteiger partial charge in [0.1, 0.15) is 0 Å². The maximum atomic E-state index is 11.3. The van der Waals surface area contributed by atoms with Gasteiger partial charge in [0, 0.05) is 0 Å². The van der Waals surface area contributed by atoms with Crippen molar-refractivity contribution in [3.8, 4) is 0 Å². The molecule has 2 aliphatic heterocycles. The highest BCUT2D eigenvalue weighted by molar-refractivity contribution is 5.69. The number of nitrogens with zero attached hydrogens (tertiary/aromatic N) is 1. The Kier molecular flexibility index (Phi) is 4.25. The van der Waals surface area contributed by atoms with Crippen LogP contribution in [0, 0.1) is 0 Å². The number of carbonyl (C=O) groups is 1. The minimum absolute atomic E-state index is 0.183. The van der Waals surface area contributed by atoms with Gasteiger partial charge in [-0.1, -0.05) is 6.42 Å². The third-order valence-electron chi connectivity index (χ3n) is 3.95. The minimum atomic E-state index is -0.589. The van der Waals surface area contributed by atoms with Gasteiger partial charge in [0.2, 0.25) is 0 Å². The molecule has 3 unspecified atom stereocenters. The molecule has 104 valence electrons. The Bertz CT molecular complexity index is 309. The highest BCUT2D eigenvalue weighted by Crippen LogP contribution is 2.34. The second-order valence-electron chi connectivity index (χ2n) is 5.34. The Labute approximate surface area is 108 Å². The number of carbonyl (C=O) groups excluding carboxylic acids is 1. The van der Waals surface area contributed by atoms with Gasteiger partial charge in [-0.05, 0) is 33.4 Å². The standard InChI is InChI=1S/C13H23NO4/c1-13(11-6-4-5-7-14(11)2)17-9-10(18-13)8-12(15)16-3/h10-11H,4-9H2,1-3H3. The van der Waals surface area contributed by atoms with Crippen molar-refractivity contribution >= 4 is 5.97 Å². The van der Waals surface area contributed by atoms with E-state index < -0.39 is 5.79 Å². The Morgan fingerprint density at radius 1 is 1.50 bits per heavy atom. The lowest BCUT2D eigenvalue weighted by Crippen LogP contribution is -2.52. The summed E-state index contributed by atoms with van der Waals surface area (Å²) >= 11 is 0. The van der Waals surface area contributed by atoms with Crippen LogP contribution in [0.2, 0.25) is 0 Å². The van der Waals surface area contributed by atoms with Gasteiger partial charge in [0.25, 0.3) is 0 Å². The Morgan fingerprint density at radius 3 is 2.94 bits per heavy atom. The van der Waals surface area contributed by atoms with Crippen LogP contribution in [0.1, 0.15) is 32.6 Å². The molecule has 0 aromatic rings. The smallest absolute Gasteiger partial charge is 0.308 e. The summed E-state index contributed by atoms with van der Waals surface area (Å²) in [4.78, 5) is 13.5. The molecule has 0 aliphatic carbocycles. The first-order chi connectivity index (χ1) is 8.55. The van der Waals surface area contributed by atoms with Crippen molar-refractivity contribution in [1.82, 2.24) is 4.90 Å². The van der Waals surface area contributed by atoms with E-state index in [2.05, 4.69) is 16.7 Å². The van der Waals surface area contributed by atoms with Gasteiger partial charge < -0.3 is 14.2 Å². The maximum Gasteiger partial charge on any atom is 0.308 e. The molecular weight excluding hydrogens is 234 g/mol. The molecule has 0 spiro atoms. The molecule has 18 heavy (non-hydrogen) atoms. The highest BCUT2D eigenvalue weighted by atomic mass is 16.7. The third kappa shape index (κ3) is 2.84. The first-order valence-electron chi connectivity index (χ1n) is 6.64. The van der Waals surface area contributed by atoms with E-state index in [-0.39, 0.29) is 24.5 Å². The fourth-order valence-corrected chi connectivity index (χ4v) is 2.94.